The first kappa shape index (κ1) is 25.7. The second kappa shape index (κ2) is 10.4. The predicted molar refractivity (Wildman–Crippen MR) is 109 cm³/mol. The van der Waals surface area contributed by atoms with Crippen LogP contribution in [0.4, 0.5) is 5.82 Å². The van der Waals surface area contributed by atoms with Crippen LogP contribution in [-0.2, 0) is 19.9 Å². The maximum absolute atomic E-state index is 11.3. The van der Waals surface area contributed by atoms with Gasteiger partial charge >= 0.3 is 10.4 Å². The van der Waals surface area contributed by atoms with Crippen LogP contribution >= 0.6 is 0 Å². The highest BCUT2D eigenvalue weighted by Gasteiger charge is 2.45. The van der Waals surface area contributed by atoms with E-state index in [1.165, 1.54) is 6.33 Å². The molecule has 1 fully saturated rings. The Morgan fingerprint density at radius 2 is 1.94 bits per heavy atom. The number of aryl methyl sites for hydroxylation is 1. The number of amides is 1. The summed E-state index contributed by atoms with van der Waals surface area (Å²) in [5.74, 6) is 5.53. The third-order valence-electron chi connectivity index (χ3n) is 4.65. The predicted octanol–water partition coefficient (Wildman–Crippen LogP) is -3.00. The largest absolute Gasteiger partial charge is 0.394 e. The first-order chi connectivity index (χ1) is 14.8. The van der Waals surface area contributed by atoms with Gasteiger partial charge in [0.05, 0.1) is 0 Å². The number of ether oxygens (including phenoxy) is 1. The summed E-state index contributed by atoms with van der Waals surface area (Å²) in [5.41, 5.74) is 8.73. The highest BCUT2D eigenvalue weighted by Crippen LogP contribution is 2.33. The number of fused-ring (bicyclic) bond motifs is 1. The number of hydrazine groups is 1. The average Bonchev–Trinajstić information content (AvgIpc) is 3.16. The van der Waals surface area contributed by atoms with Crippen LogP contribution in [0, 0.1) is 6.92 Å². The highest BCUT2D eigenvalue weighted by atomic mass is 32.3. The summed E-state index contributed by atoms with van der Waals surface area (Å²) in [4.78, 5) is 25.5. The van der Waals surface area contributed by atoms with Gasteiger partial charge in [-0.1, -0.05) is 0 Å². The van der Waals surface area contributed by atoms with Gasteiger partial charge in [-0.2, -0.15) is 8.42 Å². The Balaban J connectivity index is 0.000000654. The normalized spacial score (nSPS) is 23.2. The Morgan fingerprint density at radius 3 is 2.53 bits per heavy atom. The molecule has 16 nitrogen and oxygen atoms in total. The second-order valence-corrected chi connectivity index (χ2v) is 7.93. The van der Waals surface area contributed by atoms with E-state index in [4.69, 9.17) is 33.8 Å². The number of aliphatic hydroxyl groups is 2. The first-order valence-corrected chi connectivity index (χ1v) is 10.6. The van der Waals surface area contributed by atoms with Crippen LogP contribution in [0.1, 0.15) is 18.5 Å². The van der Waals surface area contributed by atoms with E-state index in [0.29, 0.717) is 30.1 Å². The van der Waals surface area contributed by atoms with Crippen molar-refractivity contribution in [1.29, 1.82) is 0 Å². The molecule has 3 rings (SSSR count). The fraction of sp³-hybridized carbons (Fsp3) is 0.600. The molecule has 3 heterocycles. The lowest BCUT2D eigenvalue weighted by molar-refractivity contribution is -0.121. The van der Waals surface area contributed by atoms with Gasteiger partial charge in [-0.15, -0.1) is 0 Å². The molecule has 1 aliphatic heterocycles. The van der Waals surface area contributed by atoms with Gasteiger partial charge in [-0.3, -0.25) is 23.9 Å². The molecule has 2 unspecified atom stereocenters. The van der Waals surface area contributed by atoms with Gasteiger partial charge in [0.1, 0.15) is 30.5 Å². The minimum Gasteiger partial charge on any atom is -0.387 e. The number of anilines is 1. The van der Waals surface area contributed by atoms with Crippen molar-refractivity contribution in [2.75, 3.05) is 25.9 Å². The van der Waals surface area contributed by atoms with Crippen LogP contribution < -0.4 is 17.0 Å². The minimum absolute atomic E-state index is 0.212. The van der Waals surface area contributed by atoms with Crippen molar-refractivity contribution in [2.45, 2.75) is 37.9 Å². The van der Waals surface area contributed by atoms with Crippen LogP contribution in [0.25, 0.3) is 11.2 Å². The summed E-state index contributed by atoms with van der Waals surface area (Å²) in [6.45, 7) is 2.47. The number of aromatic nitrogens is 4. The maximum Gasteiger partial charge on any atom is 0.394 e. The van der Waals surface area contributed by atoms with Crippen LogP contribution in [0.5, 0.6) is 0 Å². The van der Waals surface area contributed by atoms with Crippen molar-refractivity contribution in [3.8, 4) is 0 Å². The molecule has 1 saturated heterocycles. The van der Waals surface area contributed by atoms with Crippen molar-refractivity contribution < 1.29 is 37.3 Å². The molecule has 9 N–H and O–H groups in total. The van der Waals surface area contributed by atoms with E-state index >= 15 is 0 Å². The average molecular weight is 478 g/mol. The molecule has 0 radical (unpaired) electrons. The Morgan fingerprint density at radius 1 is 1.31 bits per heavy atom. The van der Waals surface area contributed by atoms with Gasteiger partial charge in [0.25, 0.3) is 0 Å². The fourth-order valence-corrected chi connectivity index (χ4v) is 3.20. The zero-order valence-electron chi connectivity index (χ0n) is 17.2. The minimum atomic E-state index is -4.67. The summed E-state index contributed by atoms with van der Waals surface area (Å²) in [6, 6.07) is 0. The topological polar surface area (TPSA) is 252 Å². The lowest BCUT2D eigenvalue weighted by Gasteiger charge is -2.22. The zero-order chi connectivity index (χ0) is 24.2. The molecule has 0 aliphatic carbocycles. The van der Waals surface area contributed by atoms with Crippen molar-refractivity contribution in [1.82, 2.24) is 29.8 Å². The number of rotatable bonds is 6. The smallest absolute Gasteiger partial charge is 0.387 e. The SMILES string of the molecule is Cc1nc2c(N)ncnc2n1[C@@H]1O[C@H](CN(C)CCC(=O)NN)C(O)C1O.O=S(=O)(O)O. The van der Waals surface area contributed by atoms with Crippen LogP contribution in [0.15, 0.2) is 6.33 Å². The van der Waals surface area contributed by atoms with Gasteiger partial charge in [0, 0.05) is 19.5 Å². The molecular weight excluding hydrogens is 452 g/mol. The molecule has 0 aromatic carbocycles. The molecule has 1 aliphatic rings. The Kier molecular flexibility index (Phi) is 8.37. The molecule has 180 valence electrons. The molecule has 0 spiro atoms. The van der Waals surface area contributed by atoms with Gasteiger partial charge < -0.3 is 25.6 Å². The third kappa shape index (κ3) is 6.50. The molecule has 0 bridgehead atoms. The molecule has 2 aromatic rings. The lowest BCUT2D eigenvalue weighted by Crippen LogP contribution is -2.40. The third-order valence-corrected chi connectivity index (χ3v) is 4.65. The van der Waals surface area contributed by atoms with E-state index in [2.05, 4.69) is 20.4 Å². The monoisotopic (exact) mass is 478 g/mol. The molecule has 17 heteroatoms. The first-order valence-electron chi connectivity index (χ1n) is 9.18. The van der Waals surface area contributed by atoms with E-state index in [9.17, 15) is 15.0 Å². The maximum atomic E-state index is 11.3. The fourth-order valence-electron chi connectivity index (χ4n) is 3.20. The van der Waals surface area contributed by atoms with Crippen molar-refractivity contribution in [3.63, 3.8) is 0 Å². The van der Waals surface area contributed by atoms with Gasteiger partial charge in [-0.05, 0) is 14.0 Å². The number of imidazole rings is 1. The summed E-state index contributed by atoms with van der Waals surface area (Å²) < 4.78 is 39.1. The number of hydrogen-bond donors (Lipinski definition) is 7. The number of nitrogens with zero attached hydrogens (tertiary/aromatic N) is 5. The number of carbonyl (C=O) groups is 1. The summed E-state index contributed by atoms with van der Waals surface area (Å²) in [6.07, 6.45) is -2.30. The molecule has 32 heavy (non-hydrogen) atoms. The standard InChI is InChI=1S/C15H24N8O4.H2O4S/c1-7-20-10-13(16)18-6-19-14(10)23(7)15-12(26)11(25)8(27-15)5-22(2)4-3-9(24)21-17;1-5(2,3)4/h6,8,11-12,15,25-26H,3-5,17H2,1-2H3,(H,21,24)(H2,16,18,19);(H2,1,2,3,4)/t8-,11?,12?,15-;/m1./s1. The zero-order valence-corrected chi connectivity index (χ0v) is 18.0. The Labute approximate surface area is 182 Å². The number of likely N-dealkylation sites (N-methyl/N-ethyl adjacent to an activating group) is 1. The van der Waals surface area contributed by atoms with Crippen LogP contribution in [-0.4, -0.2) is 96.5 Å². The summed E-state index contributed by atoms with van der Waals surface area (Å²) in [5, 5.41) is 20.9. The summed E-state index contributed by atoms with van der Waals surface area (Å²) >= 11 is 0. The van der Waals surface area contributed by atoms with Crippen molar-refractivity contribution in [2.24, 2.45) is 5.84 Å². The molecule has 4 atom stereocenters. The van der Waals surface area contributed by atoms with Crippen LogP contribution in [0.3, 0.4) is 0 Å². The summed E-state index contributed by atoms with van der Waals surface area (Å²) in [7, 11) is -2.88. The van der Waals surface area contributed by atoms with Gasteiger partial charge in [0.15, 0.2) is 23.2 Å². The highest BCUT2D eigenvalue weighted by molar-refractivity contribution is 7.79. The molecule has 0 saturated carbocycles. The lowest BCUT2D eigenvalue weighted by atomic mass is 10.1. The number of carbonyl (C=O) groups excluding carboxylic acids is 1. The van der Waals surface area contributed by atoms with Gasteiger partial charge in [0.2, 0.25) is 5.91 Å². The van der Waals surface area contributed by atoms with Crippen LogP contribution in [0.2, 0.25) is 0 Å². The van der Waals surface area contributed by atoms with Crippen molar-refractivity contribution >= 4 is 33.3 Å². The van der Waals surface area contributed by atoms with E-state index in [1.54, 1.807) is 18.5 Å². The number of aliphatic hydroxyl groups excluding tert-OH is 2. The van der Waals surface area contributed by atoms with E-state index in [-0.39, 0.29) is 18.1 Å². The van der Waals surface area contributed by atoms with E-state index in [0.717, 1.165) is 0 Å². The Bertz CT molecular complexity index is 1040. The molecule has 1 amide bonds. The Hall–Kier alpha value is -2.51. The molecular formula is C15H26N8O8S. The van der Waals surface area contributed by atoms with E-state index < -0.39 is 34.9 Å². The quantitative estimate of drug-likeness (QED) is 0.0945. The number of nitrogen functional groups attached to an aromatic ring is 1. The number of nitrogens with two attached hydrogens (primary N) is 2. The number of hydrogen-bond acceptors (Lipinski definition) is 12. The molecule has 2 aromatic heterocycles. The van der Waals surface area contributed by atoms with Crippen molar-refractivity contribution in [3.05, 3.63) is 12.2 Å². The number of nitrogens with one attached hydrogen (secondary N) is 1. The van der Waals surface area contributed by atoms with Gasteiger partial charge in [-0.25, -0.2) is 20.8 Å². The second-order valence-electron chi connectivity index (χ2n) is 7.03. The van der Waals surface area contributed by atoms with E-state index in [1.807, 2.05) is 4.90 Å².